The molecule has 0 atom stereocenters. The number of aliphatic hydroxyl groups excluding tert-OH is 1. The Labute approximate surface area is 82.5 Å². The third-order valence-electron chi connectivity index (χ3n) is 1.62. The van der Waals surface area contributed by atoms with Crippen LogP contribution in [0.5, 0.6) is 0 Å². The first kappa shape index (κ1) is 10.8. The van der Waals surface area contributed by atoms with E-state index < -0.39 is 0 Å². The largest absolute Gasteiger partial charge is 0.390 e. The van der Waals surface area contributed by atoms with E-state index in [1.165, 1.54) is 6.92 Å². The first-order valence-corrected chi connectivity index (χ1v) is 4.34. The number of pyridine rings is 1. The predicted molar refractivity (Wildman–Crippen MR) is 50.5 cm³/mol. The van der Waals surface area contributed by atoms with Crippen molar-refractivity contribution in [1.29, 1.82) is 0 Å². The number of aromatic nitrogens is 1. The predicted octanol–water partition coefficient (Wildman–Crippen LogP) is 0.679. The molecule has 0 aromatic carbocycles. The zero-order valence-electron chi connectivity index (χ0n) is 8.06. The van der Waals surface area contributed by atoms with E-state index in [0.29, 0.717) is 12.3 Å². The van der Waals surface area contributed by atoms with Crippen LogP contribution in [0.1, 0.15) is 18.2 Å². The molecule has 1 N–H and O–H groups in total. The molecule has 0 radical (unpaired) electrons. The second-order valence-corrected chi connectivity index (χ2v) is 3.01. The summed E-state index contributed by atoms with van der Waals surface area (Å²) < 4.78 is 5.10. The number of carbonyl (C=O) groups excluding carboxylic acids is 1. The molecule has 0 aliphatic rings. The summed E-state index contributed by atoms with van der Waals surface area (Å²) in [5, 5.41) is 8.74. The standard InChI is InChI=1S/C10H13NO3/c1-8(13)6-14-7-9-2-3-10(5-12)11-4-9/h2-4,12H,5-7H2,1H3. The minimum absolute atomic E-state index is 0.00457. The Kier molecular flexibility index (Phi) is 4.22. The molecule has 0 saturated heterocycles. The van der Waals surface area contributed by atoms with Crippen LogP contribution in [0.4, 0.5) is 0 Å². The van der Waals surface area contributed by atoms with Crippen LogP contribution in [-0.4, -0.2) is 22.5 Å². The van der Waals surface area contributed by atoms with Gasteiger partial charge in [0.15, 0.2) is 5.78 Å². The number of carbonyl (C=O) groups is 1. The van der Waals surface area contributed by atoms with E-state index in [9.17, 15) is 4.79 Å². The van der Waals surface area contributed by atoms with Crippen molar-refractivity contribution in [3.8, 4) is 0 Å². The van der Waals surface area contributed by atoms with Crippen LogP contribution in [0.3, 0.4) is 0 Å². The van der Waals surface area contributed by atoms with Crippen molar-refractivity contribution in [3.63, 3.8) is 0 Å². The summed E-state index contributed by atoms with van der Waals surface area (Å²) in [4.78, 5) is 14.5. The minimum Gasteiger partial charge on any atom is -0.390 e. The van der Waals surface area contributed by atoms with Crippen LogP contribution < -0.4 is 0 Å². The molecule has 14 heavy (non-hydrogen) atoms. The maximum absolute atomic E-state index is 10.6. The highest BCUT2D eigenvalue weighted by atomic mass is 16.5. The lowest BCUT2D eigenvalue weighted by Crippen LogP contribution is -2.04. The maximum Gasteiger partial charge on any atom is 0.155 e. The van der Waals surface area contributed by atoms with Crippen molar-refractivity contribution in [3.05, 3.63) is 29.6 Å². The fraction of sp³-hybridized carbons (Fsp3) is 0.400. The highest BCUT2D eigenvalue weighted by molar-refractivity contribution is 5.76. The third kappa shape index (κ3) is 3.64. The first-order valence-electron chi connectivity index (χ1n) is 4.34. The highest BCUT2D eigenvalue weighted by Gasteiger charge is 1.97. The smallest absolute Gasteiger partial charge is 0.155 e. The van der Waals surface area contributed by atoms with Gasteiger partial charge in [-0.25, -0.2) is 0 Å². The Hall–Kier alpha value is -1.26. The van der Waals surface area contributed by atoms with Crippen LogP contribution in [0.25, 0.3) is 0 Å². The molecule has 4 heteroatoms. The summed E-state index contributed by atoms with van der Waals surface area (Å²) in [5.41, 5.74) is 1.52. The van der Waals surface area contributed by atoms with E-state index in [0.717, 1.165) is 5.56 Å². The van der Waals surface area contributed by atoms with Gasteiger partial charge in [-0.2, -0.15) is 0 Å². The summed E-state index contributed by atoms with van der Waals surface area (Å²) in [6.07, 6.45) is 1.63. The van der Waals surface area contributed by atoms with Crippen LogP contribution in [0, 0.1) is 0 Å². The molecule has 0 amide bonds. The fourth-order valence-corrected chi connectivity index (χ4v) is 0.947. The van der Waals surface area contributed by atoms with Gasteiger partial charge in [0.05, 0.1) is 18.9 Å². The van der Waals surface area contributed by atoms with Gasteiger partial charge in [0.1, 0.15) is 6.61 Å². The highest BCUT2D eigenvalue weighted by Crippen LogP contribution is 2.01. The second-order valence-electron chi connectivity index (χ2n) is 3.01. The van der Waals surface area contributed by atoms with Crippen LogP contribution >= 0.6 is 0 Å². The third-order valence-corrected chi connectivity index (χ3v) is 1.62. The van der Waals surface area contributed by atoms with E-state index in [2.05, 4.69) is 4.98 Å². The monoisotopic (exact) mass is 195 g/mol. The zero-order chi connectivity index (χ0) is 10.4. The van der Waals surface area contributed by atoms with Gasteiger partial charge < -0.3 is 9.84 Å². The number of ether oxygens (including phenoxy) is 1. The van der Waals surface area contributed by atoms with Gasteiger partial charge in [-0.1, -0.05) is 6.07 Å². The first-order chi connectivity index (χ1) is 6.72. The Morgan fingerprint density at radius 3 is 2.86 bits per heavy atom. The number of ketones is 1. The average molecular weight is 195 g/mol. The fourth-order valence-electron chi connectivity index (χ4n) is 0.947. The maximum atomic E-state index is 10.6. The molecule has 0 unspecified atom stereocenters. The lowest BCUT2D eigenvalue weighted by Gasteiger charge is -2.02. The van der Waals surface area contributed by atoms with E-state index in [4.69, 9.17) is 9.84 Å². The molecule has 0 spiro atoms. The Morgan fingerprint density at radius 1 is 1.57 bits per heavy atom. The molecule has 0 aliphatic heterocycles. The number of hydrogen-bond acceptors (Lipinski definition) is 4. The van der Waals surface area contributed by atoms with Gasteiger partial charge in [-0.3, -0.25) is 9.78 Å². The van der Waals surface area contributed by atoms with Crippen molar-refractivity contribution >= 4 is 5.78 Å². The lowest BCUT2D eigenvalue weighted by atomic mass is 10.2. The van der Waals surface area contributed by atoms with Crippen molar-refractivity contribution < 1.29 is 14.6 Å². The van der Waals surface area contributed by atoms with Crippen LogP contribution in [-0.2, 0) is 22.7 Å². The molecule has 1 rings (SSSR count). The van der Waals surface area contributed by atoms with Crippen molar-refractivity contribution in [2.45, 2.75) is 20.1 Å². The summed E-state index contributed by atoms with van der Waals surface area (Å²) in [5.74, 6) is 0.00457. The second kappa shape index (κ2) is 5.47. The van der Waals surface area contributed by atoms with Gasteiger partial charge in [0, 0.05) is 6.20 Å². The lowest BCUT2D eigenvalue weighted by molar-refractivity contribution is -0.121. The van der Waals surface area contributed by atoms with E-state index in [1.54, 1.807) is 12.3 Å². The molecule has 4 nitrogen and oxygen atoms in total. The zero-order valence-corrected chi connectivity index (χ0v) is 8.06. The van der Waals surface area contributed by atoms with E-state index in [1.807, 2.05) is 6.07 Å². The topological polar surface area (TPSA) is 59.4 Å². The van der Waals surface area contributed by atoms with E-state index >= 15 is 0 Å². The van der Waals surface area contributed by atoms with Crippen molar-refractivity contribution in [2.75, 3.05) is 6.61 Å². The minimum atomic E-state index is -0.0609. The Balaban J connectivity index is 2.40. The van der Waals surface area contributed by atoms with Gasteiger partial charge in [-0.05, 0) is 18.6 Å². The number of aliphatic hydroxyl groups is 1. The van der Waals surface area contributed by atoms with Gasteiger partial charge in [0.2, 0.25) is 0 Å². The summed E-state index contributed by atoms with van der Waals surface area (Å²) in [6, 6.07) is 3.55. The molecule has 0 aliphatic carbocycles. The van der Waals surface area contributed by atoms with Crippen molar-refractivity contribution in [2.24, 2.45) is 0 Å². The molecule has 1 heterocycles. The summed E-state index contributed by atoms with van der Waals surface area (Å²) in [6.45, 7) is 1.92. The quantitative estimate of drug-likeness (QED) is 0.750. The summed E-state index contributed by atoms with van der Waals surface area (Å²) >= 11 is 0. The van der Waals surface area contributed by atoms with E-state index in [-0.39, 0.29) is 19.0 Å². The van der Waals surface area contributed by atoms with Gasteiger partial charge >= 0.3 is 0 Å². The van der Waals surface area contributed by atoms with Gasteiger partial charge in [-0.15, -0.1) is 0 Å². The molecule has 1 aromatic rings. The molecular formula is C10H13NO3. The normalized spacial score (nSPS) is 10.1. The number of hydrogen-bond donors (Lipinski definition) is 1. The summed E-state index contributed by atoms with van der Waals surface area (Å²) in [7, 11) is 0. The molecule has 76 valence electrons. The Bertz CT molecular complexity index is 295. The number of rotatable bonds is 5. The molecule has 0 saturated carbocycles. The van der Waals surface area contributed by atoms with Crippen molar-refractivity contribution in [1.82, 2.24) is 4.98 Å². The molecular weight excluding hydrogens is 182 g/mol. The molecule has 1 aromatic heterocycles. The van der Waals surface area contributed by atoms with Gasteiger partial charge in [0.25, 0.3) is 0 Å². The number of Topliss-reactive ketones (excluding diaryl/α,β-unsaturated/α-hetero) is 1. The van der Waals surface area contributed by atoms with Crippen LogP contribution in [0.15, 0.2) is 18.3 Å². The van der Waals surface area contributed by atoms with Crippen LogP contribution in [0.2, 0.25) is 0 Å². The Morgan fingerprint density at radius 2 is 2.36 bits per heavy atom. The SMILES string of the molecule is CC(=O)COCc1ccc(CO)nc1. The molecule has 0 bridgehead atoms. The molecule has 0 fully saturated rings. The average Bonchev–Trinajstić information content (AvgIpc) is 2.18. The number of nitrogens with zero attached hydrogens (tertiary/aromatic N) is 1.